The second-order valence-corrected chi connectivity index (χ2v) is 4.65. The average Bonchev–Trinajstić information content (AvgIpc) is 2.42. The van der Waals surface area contributed by atoms with E-state index in [0.717, 1.165) is 5.56 Å². The van der Waals surface area contributed by atoms with Crippen molar-refractivity contribution in [1.29, 1.82) is 0 Å². The van der Waals surface area contributed by atoms with Crippen LogP contribution in [0.3, 0.4) is 0 Å². The molecule has 0 saturated heterocycles. The highest BCUT2D eigenvalue weighted by atomic mass is 16.5. The molecule has 1 aromatic carbocycles. The number of aliphatic hydroxyl groups is 1. The number of carbonyl (C=O) groups is 1. The molecule has 1 rings (SSSR count). The molecule has 0 aliphatic rings. The van der Waals surface area contributed by atoms with Gasteiger partial charge in [0.25, 0.3) is 0 Å². The number of aliphatic hydroxyl groups excluding tert-OH is 1. The van der Waals surface area contributed by atoms with Gasteiger partial charge in [-0.25, -0.2) is 0 Å². The van der Waals surface area contributed by atoms with Crippen LogP contribution in [0.2, 0.25) is 0 Å². The molecule has 5 N–H and O–H groups in total. The van der Waals surface area contributed by atoms with Gasteiger partial charge >= 0.3 is 0 Å². The van der Waals surface area contributed by atoms with E-state index in [1.165, 1.54) is 7.11 Å². The van der Waals surface area contributed by atoms with Crippen LogP contribution in [0, 0.1) is 0 Å². The lowest BCUT2D eigenvalue weighted by atomic mass is 10.1. The lowest BCUT2D eigenvalue weighted by Crippen LogP contribution is -2.48. The molecule has 0 heterocycles. The Morgan fingerprint density at radius 2 is 2.05 bits per heavy atom. The van der Waals surface area contributed by atoms with E-state index in [9.17, 15) is 9.90 Å². The number of hydrogen-bond donors (Lipinski definition) is 4. The summed E-state index contributed by atoms with van der Waals surface area (Å²) in [4.78, 5) is 12.0. The number of ether oxygens (including phenoxy) is 1. The first-order valence-corrected chi connectivity index (χ1v) is 6.50. The zero-order valence-electron chi connectivity index (χ0n) is 11.6. The third-order valence-corrected chi connectivity index (χ3v) is 2.92. The number of phenolic OH excluding ortho intramolecular Hbond substituents is 1. The standard InChI is InChI=1S/C14H22N2O4/c1-20-9-11(6-7-17)16-14(19)13(15)8-10-2-4-12(18)5-3-10/h2-5,11,13,17-18H,6-9,15H2,1H3,(H,16,19)/t11?,13-/m1/s1. The van der Waals surface area contributed by atoms with E-state index in [1.54, 1.807) is 24.3 Å². The Hall–Kier alpha value is -1.63. The zero-order chi connectivity index (χ0) is 15.0. The number of carbonyl (C=O) groups excluding carboxylic acids is 1. The van der Waals surface area contributed by atoms with Gasteiger partial charge in [-0.05, 0) is 30.5 Å². The summed E-state index contributed by atoms with van der Waals surface area (Å²) < 4.78 is 4.97. The van der Waals surface area contributed by atoms with E-state index < -0.39 is 6.04 Å². The summed E-state index contributed by atoms with van der Waals surface area (Å²) in [5, 5.41) is 20.9. The van der Waals surface area contributed by atoms with Crippen molar-refractivity contribution in [1.82, 2.24) is 5.32 Å². The Bertz CT molecular complexity index is 402. The number of benzene rings is 1. The largest absolute Gasteiger partial charge is 0.508 e. The van der Waals surface area contributed by atoms with Gasteiger partial charge in [-0.2, -0.15) is 0 Å². The Kier molecular flexibility index (Phi) is 7.00. The molecule has 6 heteroatoms. The summed E-state index contributed by atoms with van der Waals surface area (Å²) in [6, 6.07) is 5.63. The highest BCUT2D eigenvalue weighted by Crippen LogP contribution is 2.11. The minimum absolute atomic E-state index is 0.0263. The van der Waals surface area contributed by atoms with Gasteiger partial charge in [0.2, 0.25) is 5.91 Å². The first-order chi connectivity index (χ1) is 9.56. The summed E-state index contributed by atoms with van der Waals surface area (Å²) in [7, 11) is 1.53. The molecule has 0 radical (unpaired) electrons. The van der Waals surface area contributed by atoms with Crippen LogP contribution in [-0.4, -0.2) is 48.5 Å². The average molecular weight is 282 g/mol. The van der Waals surface area contributed by atoms with Gasteiger partial charge in [-0.3, -0.25) is 4.79 Å². The van der Waals surface area contributed by atoms with Crippen molar-refractivity contribution in [3.63, 3.8) is 0 Å². The van der Waals surface area contributed by atoms with Gasteiger partial charge in [0.05, 0.1) is 18.7 Å². The maximum absolute atomic E-state index is 12.0. The van der Waals surface area contributed by atoms with Crippen molar-refractivity contribution in [3.8, 4) is 5.75 Å². The number of aromatic hydroxyl groups is 1. The van der Waals surface area contributed by atoms with Crippen molar-refractivity contribution in [2.75, 3.05) is 20.3 Å². The van der Waals surface area contributed by atoms with Crippen LogP contribution in [0.1, 0.15) is 12.0 Å². The van der Waals surface area contributed by atoms with E-state index in [2.05, 4.69) is 5.32 Å². The van der Waals surface area contributed by atoms with Crippen molar-refractivity contribution in [2.24, 2.45) is 5.73 Å². The summed E-state index contributed by atoms with van der Waals surface area (Å²) >= 11 is 0. The molecule has 1 aromatic rings. The predicted octanol–water partition coefficient (Wildman–Crippen LogP) is -0.224. The minimum atomic E-state index is -0.683. The third kappa shape index (κ3) is 5.56. The van der Waals surface area contributed by atoms with Crippen LogP contribution in [0.25, 0.3) is 0 Å². The molecule has 1 amide bonds. The van der Waals surface area contributed by atoms with E-state index in [4.69, 9.17) is 15.6 Å². The number of rotatable bonds is 8. The van der Waals surface area contributed by atoms with Gasteiger partial charge in [0.1, 0.15) is 5.75 Å². The molecule has 0 fully saturated rings. The fourth-order valence-electron chi connectivity index (χ4n) is 1.84. The number of amides is 1. The molecule has 0 spiro atoms. The highest BCUT2D eigenvalue weighted by molar-refractivity contribution is 5.82. The summed E-state index contributed by atoms with van der Waals surface area (Å²) in [6.07, 6.45) is 0.802. The monoisotopic (exact) mass is 282 g/mol. The Morgan fingerprint density at radius 3 is 2.60 bits per heavy atom. The van der Waals surface area contributed by atoms with Crippen molar-refractivity contribution < 1.29 is 19.7 Å². The van der Waals surface area contributed by atoms with E-state index >= 15 is 0 Å². The number of hydrogen-bond acceptors (Lipinski definition) is 5. The topological polar surface area (TPSA) is 105 Å². The fraction of sp³-hybridized carbons (Fsp3) is 0.500. The zero-order valence-corrected chi connectivity index (χ0v) is 11.6. The minimum Gasteiger partial charge on any atom is -0.508 e. The number of phenols is 1. The highest BCUT2D eigenvalue weighted by Gasteiger charge is 2.18. The second kappa shape index (κ2) is 8.52. The molecule has 112 valence electrons. The lowest BCUT2D eigenvalue weighted by molar-refractivity contribution is -0.123. The maximum Gasteiger partial charge on any atom is 0.237 e. The molecular weight excluding hydrogens is 260 g/mol. The molecule has 20 heavy (non-hydrogen) atoms. The molecule has 1 unspecified atom stereocenters. The normalized spacial score (nSPS) is 13.8. The molecule has 0 aliphatic carbocycles. The van der Waals surface area contributed by atoms with Crippen LogP contribution in [0.4, 0.5) is 0 Å². The van der Waals surface area contributed by atoms with Crippen molar-refractivity contribution >= 4 is 5.91 Å². The van der Waals surface area contributed by atoms with Crippen LogP contribution in [0.15, 0.2) is 24.3 Å². The first-order valence-electron chi connectivity index (χ1n) is 6.50. The molecule has 0 aliphatic heterocycles. The fourth-order valence-corrected chi connectivity index (χ4v) is 1.84. The van der Waals surface area contributed by atoms with E-state index in [0.29, 0.717) is 19.4 Å². The number of nitrogens with two attached hydrogens (primary N) is 1. The van der Waals surface area contributed by atoms with Crippen LogP contribution < -0.4 is 11.1 Å². The number of methoxy groups -OCH3 is 1. The molecular formula is C14H22N2O4. The summed E-state index contributed by atoms with van der Waals surface area (Å²) in [5.74, 6) is -0.108. The third-order valence-electron chi connectivity index (χ3n) is 2.92. The van der Waals surface area contributed by atoms with Crippen LogP contribution in [-0.2, 0) is 16.0 Å². The van der Waals surface area contributed by atoms with Gasteiger partial charge < -0.3 is 26.0 Å². The molecule has 0 aromatic heterocycles. The van der Waals surface area contributed by atoms with Gasteiger partial charge in [-0.1, -0.05) is 12.1 Å². The molecule has 6 nitrogen and oxygen atoms in total. The molecule has 2 atom stereocenters. The summed E-state index contributed by atoms with van der Waals surface area (Å²) in [5.41, 5.74) is 6.72. The Balaban J connectivity index is 2.50. The predicted molar refractivity (Wildman–Crippen MR) is 75.3 cm³/mol. The smallest absolute Gasteiger partial charge is 0.237 e. The first kappa shape index (κ1) is 16.4. The lowest BCUT2D eigenvalue weighted by Gasteiger charge is -2.19. The Labute approximate surface area is 118 Å². The second-order valence-electron chi connectivity index (χ2n) is 4.65. The maximum atomic E-state index is 12.0. The molecule has 0 bridgehead atoms. The van der Waals surface area contributed by atoms with Gasteiger partial charge in [-0.15, -0.1) is 0 Å². The molecule has 0 saturated carbocycles. The SMILES string of the molecule is COCC(CCO)NC(=O)[C@H](N)Cc1ccc(O)cc1. The van der Waals surface area contributed by atoms with Gasteiger partial charge in [0.15, 0.2) is 0 Å². The van der Waals surface area contributed by atoms with Crippen molar-refractivity contribution in [2.45, 2.75) is 24.9 Å². The number of nitrogens with one attached hydrogen (secondary N) is 1. The Morgan fingerprint density at radius 1 is 1.40 bits per heavy atom. The summed E-state index contributed by atoms with van der Waals surface area (Å²) in [6.45, 7) is 0.305. The van der Waals surface area contributed by atoms with E-state index in [1.807, 2.05) is 0 Å². The van der Waals surface area contributed by atoms with E-state index in [-0.39, 0.29) is 24.3 Å². The van der Waals surface area contributed by atoms with Crippen LogP contribution in [0.5, 0.6) is 5.75 Å². The van der Waals surface area contributed by atoms with Crippen molar-refractivity contribution in [3.05, 3.63) is 29.8 Å². The van der Waals surface area contributed by atoms with Crippen LogP contribution >= 0.6 is 0 Å². The van der Waals surface area contributed by atoms with Gasteiger partial charge in [0, 0.05) is 13.7 Å². The quantitative estimate of drug-likeness (QED) is 0.527.